The highest BCUT2D eigenvalue weighted by molar-refractivity contribution is 5.97. The number of carbonyl (C=O) groups excluding carboxylic acids is 2. The minimum atomic E-state index is -1.31. The number of rotatable bonds is 16. The van der Waals surface area contributed by atoms with Crippen molar-refractivity contribution < 1.29 is 44.0 Å². The van der Waals surface area contributed by atoms with Crippen LogP contribution in [0.5, 0.6) is 11.5 Å². The Labute approximate surface area is 291 Å². The van der Waals surface area contributed by atoms with E-state index in [0.717, 1.165) is 36.0 Å². The Bertz CT molecular complexity index is 1570. The molecule has 2 aromatic carbocycles. The van der Waals surface area contributed by atoms with Crippen LogP contribution in [0.1, 0.15) is 56.1 Å². The zero-order chi connectivity index (χ0) is 35.9. The lowest BCUT2D eigenvalue weighted by molar-refractivity contribution is -0.147. The molecule has 1 fully saturated rings. The molecule has 0 spiro atoms. The van der Waals surface area contributed by atoms with Gasteiger partial charge in [-0.05, 0) is 55.0 Å². The van der Waals surface area contributed by atoms with E-state index >= 15 is 0 Å². The number of aryl methyl sites for hydroxylation is 1. The lowest BCUT2D eigenvalue weighted by Crippen LogP contribution is -2.45. The molecule has 2 aliphatic rings. The third-order valence-corrected chi connectivity index (χ3v) is 8.56. The van der Waals surface area contributed by atoms with Crippen LogP contribution in [0, 0.1) is 0 Å². The van der Waals surface area contributed by atoms with E-state index < -0.39 is 18.4 Å². The molecule has 2 heterocycles. The average Bonchev–Trinajstić information content (AvgIpc) is 3.53. The van der Waals surface area contributed by atoms with E-state index in [-0.39, 0.29) is 24.2 Å². The molecule has 1 aliphatic heterocycles. The molecule has 14 nitrogen and oxygen atoms in total. The first-order valence-electron chi connectivity index (χ1n) is 17.0. The molecule has 5 rings (SSSR count). The highest BCUT2D eigenvalue weighted by atomic mass is 16.5. The van der Waals surface area contributed by atoms with Gasteiger partial charge in [0.1, 0.15) is 17.9 Å². The van der Waals surface area contributed by atoms with Gasteiger partial charge in [-0.25, -0.2) is 0 Å². The summed E-state index contributed by atoms with van der Waals surface area (Å²) in [5.74, 6) is -2.21. The minimum absolute atomic E-state index is 0.000764. The van der Waals surface area contributed by atoms with Crippen LogP contribution in [0.3, 0.4) is 0 Å². The number of carboxylic acids is 2. The molecular formula is C36H47N5O9. The predicted molar refractivity (Wildman–Crippen MR) is 185 cm³/mol. The van der Waals surface area contributed by atoms with Crippen molar-refractivity contribution in [1.82, 2.24) is 20.0 Å². The van der Waals surface area contributed by atoms with Gasteiger partial charge in [-0.15, -0.1) is 0 Å². The number of phenolic OH excluding ortho intramolecular Hbond substituents is 1. The molecule has 50 heavy (non-hydrogen) atoms. The van der Waals surface area contributed by atoms with Crippen molar-refractivity contribution in [2.24, 2.45) is 7.05 Å². The molecule has 0 atom stereocenters. The van der Waals surface area contributed by atoms with E-state index in [0.29, 0.717) is 63.2 Å². The van der Waals surface area contributed by atoms with Crippen LogP contribution in [0.4, 0.5) is 5.69 Å². The first kappa shape index (κ1) is 37.9. The Morgan fingerprint density at radius 2 is 1.74 bits per heavy atom. The Morgan fingerprint density at radius 3 is 2.40 bits per heavy atom. The van der Waals surface area contributed by atoms with Gasteiger partial charge in [-0.2, -0.15) is 5.10 Å². The summed E-state index contributed by atoms with van der Waals surface area (Å²) in [7, 11) is 1.91. The fraction of sp³-hybridized carbons (Fsp3) is 0.472. The van der Waals surface area contributed by atoms with Gasteiger partial charge in [0.05, 0.1) is 25.8 Å². The summed E-state index contributed by atoms with van der Waals surface area (Å²) >= 11 is 0. The van der Waals surface area contributed by atoms with Crippen LogP contribution in [-0.4, -0.2) is 99.2 Å². The molecule has 0 unspecified atom stereocenters. The summed E-state index contributed by atoms with van der Waals surface area (Å²) in [4.78, 5) is 45.9. The van der Waals surface area contributed by atoms with Gasteiger partial charge in [0.25, 0.3) is 5.91 Å². The molecule has 270 valence electrons. The molecule has 2 amide bonds. The number of nitrogens with one attached hydrogen (secondary N) is 2. The fourth-order valence-corrected chi connectivity index (χ4v) is 6.02. The summed E-state index contributed by atoms with van der Waals surface area (Å²) in [6.45, 7) is 2.99. The molecule has 0 bridgehead atoms. The van der Waals surface area contributed by atoms with Crippen LogP contribution in [0.15, 0.2) is 48.8 Å². The summed E-state index contributed by atoms with van der Waals surface area (Å²) in [6, 6.07) is 12.2. The van der Waals surface area contributed by atoms with Crippen LogP contribution >= 0.6 is 0 Å². The van der Waals surface area contributed by atoms with Crippen molar-refractivity contribution in [3.8, 4) is 22.6 Å². The van der Waals surface area contributed by atoms with Gasteiger partial charge in [-0.1, -0.05) is 49.6 Å². The lowest BCUT2D eigenvalue weighted by Gasteiger charge is -2.34. The lowest BCUT2D eigenvalue weighted by atomic mass is 9.94. The number of benzene rings is 2. The van der Waals surface area contributed by atoms with E-state index in [1.807, 2.05) is 25.5 Å². The molecule has 5 N–H and O–H groups in total. The molecule has 0 saturated heterocycles. The maximum absolute atomic E-state index is 13.3. The molecule has 3 aromatic rings. The van der Waals surface area contributed by atoms with E-state index in [1.54, 1.807) is 10.7 Å². The zero-order valence-corrected chi connectivity index (χ0v) is 28.4. The van der Waals surface area contributed by atoms with E-state index in [9.17, 15) is 24.3 Å². The summed E-state index contributed by atoms with van der Waals surface area (Å²) in [5.41, 5.74) is 4.70. The van der Waals surface area contributed by atoms with E-state index in [4.69, 9.17) is 19.7 Å². The number of aliphatic carboxylic acids is 2. The zero-order valence-electron chi connectivity index (χ0n) is 28.4. The van der Waals surface area contributed by atoms with Gasteiger partial charge >= 0.3 is 11.9 Å². The number of nitrogens with zero attached hydrogens (tertiary/aromatic N) is 3. The van der Waals surface area contributed by atoms with Gasteiger partial charge in [0.2, 0.25) is 5.91 Å². The Morgan fingerprint density at radius 1 is 1.00 bits per heavy atom. The second kappa shape index (κ2) is 19.3. The molecule has 1 aromatic heterocycles. The van der Waals surface area contributed by atoms with Crippen molar-refractivity contribution in [3.63, 3.8) is 0 Å². The Kier molecular flexibility index (Phi) is 14.6. The van der Waals surface area contributed by atoms with Gasteiger partial charge in [0.15, 0.2) is 12.4 Å². The van der Waals surface area contributed by atoms with Crippen LogP contribution in [0.25, 0.3) is 11.1 Å². The number of carboxylic acid groups (broad SMARTS) is 2. The number of phenols is 1. The predicted octanol–water partition coefficient (Wildman–Crippen LogP) is 3.61. The van der Waals surface area contributed by atoms with Crippen LogP contribution < -0.4 is 15.4 Å². The fourth-order valence-electron chi connectivity index (χ4n) is 6.02. The monoisotopic (exact) mass is 693 g/mol. The summed E-state index contributed by atoms with van der Waals surface area (Å²) in [5, 5.41) is 35.9. The Balaban J connectivity index is 0.000000727. The number of hydrogen-bond donors (Lipinski definition) is 5. The van der Waals surface area contributed by atoms with E-state index in [2.05, 4.69) is 44.9 Å². The topological polar surface area (TPSA) is 193 Å². The quantitative estimate of drug-likeness (QED) is 0.0836. The standard InChI is InChI=1S/C33H43N5O5.C3H4O4/c1-37-22-27(21-35-37)25-9-7-24(8-10-25)14-19-42-20-15-31(41)38(28-5-3-2-4-6-28)18-17-34-16-13-26-11-12-29(39)32-33(26)43-23-30(40)36-32;4-2(5)1-3(6)7/h7-12,21-22,28,34,39H,2-6,13-20,23H2,1H3,(H,36,40);1H2,(H,4,5)(H,6,7). The number of carbonyl (C=O) groups is 4. The third kappa shape index (κ3) is 11.9. The number of fused-ring (bicyclic) bond motifs is 1. The normalized spacial score (nSPS) is 14.1. The minimum Gasteiger partial charge on any atom is -0.506 e. The van der Waals surface area contributed by atoms with Crippen molar-refractivity contribution in [2.45, 2.75) is 63.8 Å². The highest BCUT2D eigenvalue weighted by Gasteiger charge is 2.25. The first-order chi connectivity index (χ1) is 24.1. The summed E-state index contributed by atoms with van der Waals surface area (Å²) < 4.78 is 13.3. The molecular weight excluding hydrogens is 646 g/mol. The van der Waals surface area contributed by atoms with E-state index in [1.165, 1.54) is 24.8 Å². The molecule has 0 radical (unpaired) electrons. The van der Waals surface area contributed by atoms with Gasteiger partial charge in [0, 0.05) is 37.9 Å². The number of hydrogen-bond acceptors (Lipinski definition) is 9. The number of anilines is 1. The maximum atomic E-state index is 13.3. The molecule has 14 heteroatoms. The molecule has 1 aliphatic carbocycles. The second-order valence-electron chi connectivity index (χ2n) is 12.3. The highest BCUT2D eigenvalue weighted by Crippen LogP contribution is 2.39. The van der Waals surface area contributed by atoms with Crippen LogP contribution in [0.2, 0.25) is 0 Å². The van der Waals surface area contributed by atoms with Crippen molar-refractivity contribution in [3.05, 3.63) is 59.9 Å². The first-order valence-corrected chi connectivity index (χ1v) is 17.0. The van der Waals surface area contributed by atoms with Gasteiger partial charge < -0.3 is 40.3 Å². The summed E-state index contributed by atoms with van der Waals surface area (Å²) in [6.07, 6.45) is 10.6. The molecule has 1 saturated carbocycles. The van der Waals surface area contributed by atoms with Crippen molar-refractivity contribution in [1.29, 1.82) is 0 Å². The number of aromatic nitrogens is 2. The largest absolute Gasteiger partial charge is 0.506 e. The van der Waals surface area contributed by atoms with Crippen LogP contribution in [-0.2, 0) is 43.8 Å². The third-order valence-electron chi connectivity index (χ3n) is 8.56. The smallest absolute Gasteiger partial charge is 0.314 e. The number of amides is 2. The SMILES string of the molecule is Cn1cc(-c2ccc(CCOCCC(=O)N(CCNCCc3ccc(O)c4c3OCC(=O)N4)C3CCCCC3)cc2)cn1.O=C(O)CC(=O)O. The van der Waals surface area contributed by atoms with Gasteiger partial charge in [-0.3, -0.25) is 23.9 Å². The van der Waals surface area contributed by atoms with Crippen molar-refractivity contribution in [2.75, 3.05) is 44.8 Å². The number of ether oxygens (including phenoxy) is 2. The second-order valence-corrected chi connectivity index (χ2v) is 12.3. The number of aromatic hydroxyl groups is 1. The maximum Gasteiger partial charge on any atom is 0.314 e. The van der Waals surface area contributed by atoms with Crippen molar-refractivity contribution >= 4 is 29.4 Å². The average molecular weight is 694 g/mol. The Hall–Kier alpha value is -4.95.